The molecule has 2 aliphatic rings. The van der Waals surface area contributed by atoms with Gasteiger partial charge in [-0.25, -0.2) is 0 Å². The van der Waals surface area contributed by atoms with Crippen molar-refractivity contribution >= 4 is 46.3 Å². The molecule has 7 heteroatoms. The quantitative estimate of drug-likeness (QED) is 0.541. The molecule has 0 spiro atoms. The fourth-order valence-electron chi connectivity index (χ4n) is 4.02. The number of carbonyl (C=O) groups excluding carboxylic acids is 2. The third-order valence-electron chi connectivity index (χ3n) is 5.40. The van der Waals surface area contributed by atoms with E-state index in [9.17, 15) is 9.59 Å². The monoisotopic (exact) mass is 438 g/mol. The fraction of sp³-hybridized carbons (Fsp3) is 0.130. The molecule has 3 heterocycles. The van der Waals surface area contributed by atoms with Gasteiger partial charge in [0.05, 0.1) is 23.4 Å². The highest BCUT2D eigenvalue weighted by molar-refractivity contribution is 6.41. The highest BCUT2D eigenvalue weighted by Crippen LogP contribution is 2.41. The van der Waals surface area contributed by atoms with E-state index in [1.54, 1.807) is 30.3 Å². The molecule has 3 aromatic rings. The zero-order valence-electron chi connectivity index (χ0n) is 15.8. The summed E-state index contributed by atoms with van der Waals surface area (Å²) in [4.78, 5) is 30.1. The van der Waals surface area contributed by atoms with E-state index in [2.05, 4.69) is 0 Å². The Morgan fingerprint density at radius 3 is 2.57 bits per heavy atom. The summed E-state index contributed by atoms with van der Waals surface area (Å²) in [5.41, 5.74) is 3.17. The van der Waals surface area contributed by atoms with Gasteiger partial charge in [0.1, 0.15) is 11.5 Å². The van der Waals surface area contributed by atoms with E-state index in [0.29, 0.717) is 33.6 Å². The molecule has 0 aliphatic carbocycles. The Balaban J connectivity index is 1.66. The third-order valence-corrected chi connectivity index (χ3v) is 5.94. The van der Waals surface area contributed by atoms with E-state index in [0.717, 1.165) is 17.7 Å². The lowest BCUT2D eigenvalue weighted by molar-refractivity contribution is -0.137. The van der Waals surface area contributed by atoms with Gasteiger partial charge in [-0.2, -0.15) is 0 Å². The first-order valence-electron chi connectivity index (χ1n) is 9.48. The van der Waals surface area contributed by atoms with Crippen molar-refractivity contribution in [2.24, 2.45) is 0 Å². The number of fused-ring (bicyclic) bond motifs is 1. The molecule has 5 rings (SSSR count). The predicted molar refractivity (Wildman–Crippen MR) is 115 cm³/mol. The lowest BCUT2D eigenvalue weighted by atomic mass is 10.0. The number of hydrogen-bond acceptors (Lipinski definition) is 4. The smallest absolute Gasteiger partial charge is 0.278 e. The van der Waals surface area contributed by atoms with Crippen molar-refractivity contribution in [2.75, 3.05) is 11.4 Å². The molecule has 0 unspecified atom stereocenters. The molecule has 0 atom stereocenters. The number of halogens is 2. The van der Waals surface area contributed by atoms with Gasteiger partial charge in [0.2, 0.25) is 0 Å². The van der Waals surface area contributed by atoms with Crippen molar-refractivity contribution in [2.45, 2.75) is 13.0 Å². The largest absolute Gasteiger partial charge is 0.467 e. The first-order chi connectivity index (χ1) is 14.5. The predicted octanol–water partition coefficient (Wildman–Crippen LogP) is 4.93. The van der Waals surface area contributed by atoms with Crippen molar-refractivity contribution in [1.29, 1.82) is 0 Å². The van der Waals surface area contributed by atoms with E-state index >= 15 is 0 Å². The van der Waals surface area contributed by atoms with E-state index in [-0.39, 0.29) is 18.0 Å². The van der Waals surface area contributed by atoms with Crippen molar-refractivity contribution in [3.05, 3.63) is 93.5 Å². The molecule has 0 saturated carbocycles. The maximum Gasteiger partial charge on any atom is 0.278 e. The number of para-hydroxylation sites is 1. The second-order valence-corrected chi connectivity index (χ2v) is 8.00. The average molecular weight is 439 g/mol. The van der Waals surface area contributed by atoms with Crippen LogP contribution in [0, 0.1) is 0 Å². The second-order valence-electron chi connectivity index (χ2n) is 7.15. The minimum atomic E-state index is -0.403. The molecule has 0 bridgehead atoms. The van der Waals surface area contributed by atoms with Crippen LogP contribution >= 0.6 is 23.2 Å². The molecule has 2 aliphatic heterocycles. The van der Waals surface area contributed by atoms with Crippen molar-refractivity contribution in [3.8, 4) is 0 Å². The van der Waals surface area contributed by atoms with Gasteiger partial charge in [0.25, 0.3) is 11.8 Å². The number of imide groups is 1. The first-order valence-corrected chi connectivity index (χ1v) is 10.2. The molecule has 0 fully saturated rings. The minimum absolute atomic E-state index is 0.0539. The zero-order valence-corrected chi connectivity index (χ0v) is 17.3. The Labute approximate surface area is 183 Å². The molecular weight excluding hydrogens is 423 g/mol. The fourth-order valence-corrected chi connectivity index (χ4v) is 4.52. The van der Waals surface area contributed by atoms with Crippen LogP contribution in [0.3, 0.4) is 0 Å². The molecule has 0 saturated heterocycles. The lowest BCUT2D eigenvalue weighted by Gasteiger charge is -2.21. The highest BCUT2D eigenvalue weighted by atomic mass is 35.5. The van der Waals surface area contributed by atoms with E-state index in [1.807, 2.05) is 29.2 Å². The Bertz CT molecular complexity index is 1200. The van der Waals surface area contributed by atoms with Crippen LogP contribution in [0.2, 0.25) is 10.0 Å². The van der Waals surface area contributed by atoms with Gasteiger partial charge in [-0.1, -0.05) is 47.5 Å². The molecular formula is C23H16Cl2N2O3. The van der Waals surface area contributed by atoms with E-state index in [4.69, 9.17) is 27.6 Å². The molecule has 5 nitrogen and oxygen atoms in total. The van der Waals surface area contributed by atoms with Crippen molar-refractivity contribution in [1.82, 2.24) is 4.90 Å². The Hall–Kier alpha value is -3.02. The van der Waals surface area contributed by atoms with Crippen LogP contribution in [0.5, 0.6) is 0 Å². The average Bonchev–Trinajstić information content (AvgIpc) is 3.44. The Morgan fingerprint density at radius 1 is 0.967 bits per heavy atom. The number of furan rings is 1. The summed E-state index contributed by atoms with van der Waals surface area (Å²) in [6.07, 6.45) is 2.31. The Kier molecular flexibility index (Phi) is 4.65. The minimum Gasteiger partial charge on any atom is -0.467 e. The van der Waals surface area contributed by atoms with Crippen LogP contribution in [0.1, 0.15) is 16.9 Å². The summed E-state index contributed by atoms with van der Waals surface area (Å²) < 4.78 is 5.37. The number of rotatable bonds is 4. The number of nitrogens with zero attached hydrogens (tertiary/aromatic N) is 2. The van der Waals surface area contributed by atoms with Crippen molar-refractivity contribution < 1.29 is 14.0 Å². The molecule has 1 aromatic heterocycles. The molecule has 0 N–H and O–H groups in total. The van der Waals surface area contributed by atoms with Gasteiger partial charge in [-0.3, -0.25) is 14.5 Å². The van der Waals surface area contributed by atoms with E-state index in [1.165, 1.54) is 11.2 Å². The van der Waals surface area contributed by atoms with Crippen LogP contribution in [0.15, 0.2) is 71.0 Å². The number of benzene rings is 2. The van der Waals surface area contributed by atoms with Gasteiger partial charge in [-0.05, 0) is 42.3 Å². The summed E-state index contributed by atoms with van der Waals surface area (Å²) in [7, 11) is 0. The third kappa shape index (κ3) is 3.02. The van der Waals surface area contributed by atoms with Gasteiger partial charge in [-0.15, -0.1) is 0 Å². The number of amides is 2. The van der Waals surface area contributed by atoms with Crippen LogP contribution in [-0.4, -0.2) is 23.3 Å². The van der Waals surface area contributed by atoms with Gasteiger partial charge in [0.15, 0.2) is 0 Å². The van der Waals surface area contributed by atoms with Crippen molar-refractivity contribution in [3.63, 3.8) is 0 Å². The summed E-state index contributed by atoms with van der Waals surface area (Å²) in [6, 6.07) is 16.3. The highest BCUT2D eigenvalue weighted by Gasteiger charge is 2.44. The topological polar surface area (TPSA) is 53.8 Å². The summed E-state index contributed by atoms with van der Waals surface area (Å²) >= 11 is 12.5. The maximum atomic E-state index is 13.5. The van der Waals surface area contributed by atoms with Crippen LogP contribution in [0.25, 0.3) is 5.57 Å². The molecule has 2 aromatic carbocycles. The second kappa shape index (κ2) is 7.35. The standard InChI is InChI=1S/C23H16Cl2N2O3/c24-15-7-8-17(18(25)12-15)20-21(26-10-9-14-4-1-2-6-19(14)26)23(29)27(22(20)28)13-16-5-3-11-30-16/h1-8,11-12H,9-10,13H2. The van der Waals surface area contributed by atoms with Crippen LogP contribution < -0.4 is 4.90 Å². The number of carbonyl (C=O) groups is 2. The van der Waals surface area contributed by atoms with E-state index < -0.39 is 5.91 Å². The molecule has 30 heavy (non-hydrogen) atoms. The molecule has 0 radical (unpaired) electrons. The number of hydrogen-bond donors (Lipinski definition) is 0. The zero-order chi connectivity index (χ0) is 20.8. The molecule has 2 amide bonds. The van der Waals surface area contributed by atoms with Gasteiger partial charge >= 0.3 is 0 Å². The summed E-state index contributed by atoms with van der Waals surface area (Å²) in [5, 5.41) is 0.783. The molecule has 150 valence electrons. The van der Waals surface area contributed by atoms with Gasteiger partial charge in [0, 0.05) is 22.8 Å². The Morgan fingerprint density at radius 2 is 1.80 bits per heavy atom. The summed E-state index contributed by atoms with van der Waals surface area (Å²) in [5.74, 6) is -0.240. The van der Waals surface area contributed by atoms with Crippen LogP contribution in [-0.2, 0) is 22.6 Å². The van der Waals surface area contributed by atoms with Crippen LogP contribution in [0.4, 0.5) is 5.69 Å². The lowest BCUT2D eigenvalue weighted by Crippen LogP contribution is -2.34. The maximum absolute atomic E-state index is 13.5. The normalized spacial score (nSPS) is 16.1. The number of anilines is 1. The first kappa shape index (κ1) is 19.0. The van der Waals surface area contributed by atoms with Gasteiger partial charge < -0.3 is 9.32 Å². The summed E-state index contributed by atoms with van der Waals surface area (Å²) in [6.45, 7) is 0.662. The SMILES string of the molecule is O=C1C(c2ccc(Cl)cc2Cl)=C(N2CCc3ccccc32)C(=O)N1Cc1ccco1.